The molecular formula is C29H52N6O6. The number of carbonyl (C=O) groups is 6. The van der Waals surface area contributed by atoms with Gasteiger partial charge in [0.15, 0.2) is 0 Å². The van der Waals surface area contributed by atoms with Crippen LogP contribution in [0.3, 0.4) is 0 Å². The summed E-state index contributed by atoms with van der Waals surface area (Å²) in [5.74, 6) is -2.01. The molecule has 0 aromatic carbocycles. The van der Waals surface area contributed by atoms with Gasteiger partial charge in [-0.1, -0.05) is 61.0 Å². The highest BCUT2D eigenvalue weighted by atomic mass is 16.2. The molecular weight excluding hydrogens is 528 g/mol. The highest BCUT2D eigenvalue weighted by Gasteiger charge is 2.42. The second kappa shape index (κ2) is 18.1. The minimum absolute atomic E-state index is 0.125. The lowest BCUT2D eigenvalue weighted by Crippen LogP contribution is -2.60. The molecule has 0 aromatic rings. The third kappa shape index (κ3) is 13.7. The topological polar surface area (TPSA) is 157 Å². The maximum atomic E-state index is 13.5. The standard InChI is InChI=1S/C25H42N6O6.C4H10/c1-8-11-16(19(33)22(35)26-13-9-2)28-21(34)17-12-10-14-31(17)23(36)20(25(3,4)5)29-24(37)27-15-18(32)30(6)7;1-4(2)3/h9,16-17,20H,2,8,10-15H2,1,3-7H3,(H,26,35)(H,28,34)(H2,27,29,37);4H,1-3H3. The van der Waals surface area contributed by atoms with Crippen LogP contribution in [0.2, 0.25) is 0 Å². The van der Waals surface area contributed by atoms with Crippen LogP contribution in [0.1, 0.15) is 74.1 Å². The van der Waals surface area contributed by atoms with Crippen LogP contribution in [-0.2, 0) is 24.0 Å². The summed E-state index contributed by atoms with van der Waals surface area (Å²) in [5, 5.41) is 10.2. The first kappa shape index (κ1) is 37.6. The maximum absolute atomic E-state index is 13.5. The Hall–Kier alpha value is -3.44. The molecule has 4 N–H and O–H groups in total. The molecule has 0 spiro atoms. The highest BCUT2D eigenvalue weighted by Crippen LogP contribution is 2.26. The predicted octanol–water partition coefficient (Wildman–Crippen LogP) is 1.60. The predicted molar refractivity (Wildman–Crippen MR) is 159 cm³/mol. The van der Waals surface area contributed by atoms with Gasteiger partial charge in [0, 0.05) is 27.2 Å². The van der Waals surface area contributed by atoms with E-state index in [0.717, 1.165) is 5.92 Å². The molecule has 1 fully saturated rings. The van der Waals surface area contributed by atoms with Crippen LogP contribution in [0.25, 0.3) is 0 Å². The zero-order chi connectivity index (χ0) is 31.9. The fourth-order valence-corrected chi connectivity index (χ4v) is 3.85. The van der Waals surface area contributed by atoms with Gasteiger partial charge in [0.1, 0.15) is 12.1 Å². The van der Waals surface area contributed by atoms with Crippen molar-refractivity contribution in [2.45, 2.75) is 92.3 Å². The van der Waals surface area contributed by atoms with Gasteiger partial charge in [0.05, 0.1) is 12.6 Å². The Balaban J connectivity index is 0.00000373. The van der Waals surface area contributed by atoms with E-state index >= 15 is 0 Å². The smallest absolute Gasteiger partial charge is 0.315 e. The van der Waals surface area contributed by atoms with Crippen molar-refractivity contribution in [3.8, 4) is 0 Å². The largest absolute Gasteiger partial charge is 0.347 e. The number of nitrogens with one attached hydrogen (secondary N) is 4. The first-order valence-corrected chi connectivity index (χ1v) is 14.3. The number of hydrogen-bond acceptors (Lipinski definition) is 6. The van der Waals surface area contributed by atoms with Crippen LogP contribution in [0.15, 0.2) is 12.7 Å². The zero-order valence-corrected chi connectivity index (χ0v) is 26.4. The van der Waals surface area contributed by atoms with Crippen molar-refractivity contribution >= 4 is 35.4 Å². The third-order valence-electron chi connectivity index (χ3n) is 5.97. The molecule has 12 nitrogen and oxygen atoms in total. The molecule has 0 aromatic heterocycles. The fraction of sp³-hybridized carbons (Fsp3) is 0.724. The summed E-state index contributed by atoms with van der Waals surface area (Å²) in [7, 11) is 3.13. The first-order chi connectivity index (χ1) is 19.0. The van der Waals surface area contributed by atoms with Crippen LogP contribution in [0, 0.1) is 11.3 Å². The van der Waals surface area contributed by atoms with Crippen molar-refractivity contribution in [2.75, 3.05) is 33.7 Å². The molecule has 41 heavy (non-hydrogen) atoms. The summed E-state index contributed by atoms with van der Waals surface area (Å²) in [6.07, 6.45) is 3.22. The zero-order valence-electron chi connectivity index (χ0n) is 26.4. The number of carbonyl (C=O) groups excluding carboxylic acids is 6. The van der Waals surface area contributed by atoms with E-state index in [1.807, 2.05) is 6.92 Å². The summed E-state index contributed by atoms with van der Waals surface area (Å²) >= 11 is 0. The van der Waals surface area contributed by atoms with Crippen molar-refractivity contribution < 1.29 is 28.8 Å². The van der Waals surface area contributed by atoms with Crippen LogP contribution < -0.4 is 21.3 Å². The second-order valence-electron chi connectivity index (χ2n) is 12.0. The number of ketones is 1. The number of hydrogen-bond donors (Lipinski definition) is 4. The van der Waals surface area contributed by atoms with Crippen molar-refractivity contribution in [1.29, 1.82) is 0 Å². The maximum Gasteiger partial charge on any atom is 0.315 e. The molecule has 0 aliphatic carbocycles. The van der Waals surface area contributed by atoms with Crippen LogP contribution in [0.5, 0.6) is 0 Å². The van der Waals surface area contributed by atoms with E-state index in [-0.39, 0.29) is 25.4 Å². The molecule has 1 rings (SSSR count). The normalized spacial score (nSPS) is 16.0. The number of rotatable bonds is 12. The summed E-state index contributed by atoms with van der Waals surface area (Å²) in [4.78, 5) is 78.4. The van der Waals surface area contributed by atoms with Gasteiger partial charge in [0.2, 0.25) is 23.5 Å². The Bertz CT molecular complexity index is 924. The lowest BCUT2D eigenvalue weighted by molar-refractivity contribution is -0.143. The van der Waals surface area contributed by atoms with Gasteiger partial charge in [-0.25, -0.2) is 4.79 Å². The lowest BCUT2D eigenvalue weighted by atomic mass is 9.85. The number of amides is 6. The molecule has 234 valence electrons. The van der Waals surface area contributed by atoms with E-state index in [9.17, 15) is 28.8 Å². The van der Waals surface area contributed by atoms with Crippen molar-refractivity contribution in [3.05, 3.63) is 12.7 Å². The Morgan fingerprint density at radius 1 is 1.02 bits per heavy atom. The quantitative estimate of drug-likeness (QED) is 0.203. The number of urea groups is 1. The number of Topliss-reactive ketones (excluding diaryl/α,β-unsaturated/α-hetero) is 1. The van der Waals surface area contributed by atoms with Gasteiger partial charge in [-0.3, -0.25) is 24.0 Å². The molecule has 3 unspecified atom stereocenters. The lowest BCUT2D eigenvalue weighted by Gasteiger charge is -2.35. The van der Waals surface area contributed by atoms with E-state index in [0.29, 0.717) is 25.8 Å². The summed E-state index contributed by atoms with van der Waals surface area (Å²) in [6, 6.07) is -3.52. The summed E-state index contributed by atoms with van der Waals surface area (Å²) in [5.41, 5.74) is -0.701. The van der Waals surface area contributed by atoms with Gasteiger partial charge in [-0.15, -0.1) is 6.58 Å². The van der Waals surface area contributed by atoms with Crippen molar-refractivity contribution in [1.82, 2.24) is 31.1 Å². The average molecular weight is 581 g/mol. The molecule has 12 heteroatoms. The molecule has 0 radical (unpaired) electrons. The van der Waals surface area contributed by atoms with Gasteiger partial charge >= 0.3 is 6.03 Å². The summed E-state index contributed by atoms with van der Waals surface area (Å²) in [6.45, 7) is 17.4. The van der Waals surface area contributed by atoms with Gasteiger partial charge in [0.25, 0.3) is 5.91 Å². The molecule has 1 aliphatic rings. The molecule has 0 bridgehead atoms. The molecule has 1 aliphatic heterocycles. The number of nitrogens with zero attached hydrogens (tertiary/aromatic N) is 2. The Morgan fingerprint density at radius 2 is 1.61 bits per heavy atom. The number of likely N-dealkylation sites (N-methyl/N-ethyl adjacent to an activating group) is 1. The van der Waals surface area contributed by atoms with Crippen LogP contribution in [0.4, 0.5) is 4.79 Å². The highest BCUT2D eigenvalue weighted by molar-refractivity contribution is 6.38. The minimum Gasteiger partial charge on any atom is -0.347 e. The second-order valence-corrected chi connectivity index (χ2v) is 12.0. The molecule has 6 amide bonds. The monoisotopic (exact) mass is 580 g/mol. The molecule has 3 atom stereocenters. The first-order valence-electron chi connectivity index (χ1n) is 14.3. The van der Waals surface area contributed by atoms with E-state index < -0.39 is 53.1 Å². The fourth-order valence-electron chi connectivity index (χ4n) is 3.85. The Labute approximate surface area is 245 Å². The molecule has 1 heterocycles. The van der Waals surface area contributed by atoms with Crippen LogP contribution >= 0.6 is 0 Å². The van der Waals surface area contributed by atoms with E-state index in [2.05, 4.69) is 48.6 Å². The number of likely N-dealkylation sites (tertiary alicyclic amines) is 1. The summed E-state index contributed by atoms with van der Waals surface area (Å²) < 4.78 is 0. The van der Waals surface area contributed by atoms with Gasteiger partial charge in [-0.05, 0) is 30.6 Å². The molecule has 1 saturated heterocycles. The van der Waals surface area contributed by atoms with Crippen molar-refractivity contribution in [3.63, 3.8) is 0 Å². The Kier molecular flexibility index (Phi) is 16.6. The van der Waals surface area contributed by atoms with E-state index in [4.69, 9.17) is 0 Å². The SMILES string of the molecule is C=CCNC(=O)C(=O)C(CCC)NC(=O)C1CCCN1C(=O)C(NC(=O)NCC(=O)N(C)C)C(C)(C)C.CC(C)C. The van der Waals surface area contributed by atoms with E-state index in [1.54, 1.807) is 34.9 Å². The van der Waals surface area contributed by atoms with Gasteiger partial charge in [-0.2, -0.15) is 0 Å². The molecule has 0 saturated carbocycles. The van der Waals surface area contributed by atoms with Crippen LogP contribution in [-0.4, -0.2) is 97.1 Å². The van der Waals surface area contributed by atoms with Crippen molar-refractivity contribution in [2.24, 2.45) is 11.3 Å². The minimum atomic E-state index is -1.02. The van der Waals surface area contributed by atoms with Gasteiger partial charge < -0.3 is 31.1 Å². The third-order valence-corrected chi connectivity index (χ3v) is 5.97. The average Bonchev–Trinajstić information content (AvgIpc) is 3.37. The Morgan fingerprint density at radius 3 is 2.10 bits per heavy atom. The van der Waals surface area contributed by atoms with E-state index in [1.165, 1.54) is 15.9 Å².